The van der Waals surface area contributed by atoms with Crippen LogP contribution < -0.4 is 0 Å². The summed E-state index contributed by atoms with van der Waals surface area (Å²) in [6.07, 6.45) is 10.4. The van der Waals surface area contributed by atoms with Gasteiger partial charge in [0.15, 0.2) is 0 Å². The molecule has 0 saturated heterocycles. The van der Waals surface area contributed by atoms with Gasteiger partial charge < -0.3 is 10.2 Å². The molecule has 0 aliphatic heterocycles. The van der Waals surface area contributed by atoms with Gasteiger partial charge in [0.25, 0.3) is 0 Å². The second kappa shape index (κ2) is 6.79. The largest absolute Gasteiger partial charge is 0.481 e. The first-order valence-corrected chi connectivity index (χ1v) is 6.12. The van der Waals surface area contributed by atoms with Gasteiger partial charge in [0.05, 0.1) is 5.57 Å². The molecule has 0 spiro atoms. The molecule has 1 unspecified atom stereocenters. The summed E-state index contributed by atoms with van der Waals surface area (Å²) in [6, 6.07) is 0. The van der Waals surface area contributed by atoms with Gasteiger partial charge in [0.1, 0.15) is 5.92 Å². The third-order valence-corrected chi connectivity index (χ3v) is 2.89. The fourth-order valence-electron chi connectivity index (χ4n) is 1.95. The van der Waals surface area contributed by atoms with Crippen LogP contribution in [-0.2, 0) is 9.59 Å². The molecule has 0 heterocycles. The molecule has 0 fully saturated rings. The minimum Gasteiger partial charge on any atom is -0.481 e. The lowest BCUT2D eigenvalue weighted by atomic mass is 9.86. The molecule has 1 rings (SSSR count). The van der Waals surface area contributed by atoms with E-state index in [0.29, 0.717) is 5.57 Å². The minimum absolute atomic E-state index is 0.0771. The number of carbonyl (C=O) groups is 2. The van der Waals surface area contributed by atoms with E-state index in [0.717, 1.165) is 25.7 Å². The molecule has 0 bridgehead atoms. The topological polar surface area (TPSA) is 74.6 Å². The highest BCUT2D eigenvalue weighted by Crippen LogP contribution is 2.27. The van der Waals surface area contributed by atoms with Crippen molar-refractivity contribution in [3.05, 3.63) is 35.5 Å². The number of hydrogen-bond acceptors (Lipinski definition) is 2. The Labute approximate surface area is 106 Å². The lowest BCUT2D eigenvalue weighted by molar-refractivity contribution is -0.142. The normalized spacial score (nSPS) is 20.8. The first kappa shape index (κ1) is 14.2. The molecule has 0 saturated carbocycles. The standard InChI is InChI=1S/C14H18O4/c1-2-3-4-5-7-10-8-6-9-11(13(15)16)12(10)14(17)18/h6-9,12H,2-5H2,1H3,(H,15,16)(H,17,18). The summed E-state index contributed by atoms with van der Waals surface area (Å²) >= 11 is 0. The van der Waals surface area contributed by atoms with Crippen LogP contribution in [0.25, 0.3) is 0 Å². The van der Waals surface area contributed by atoms with Crippen molar-refractivity contribution in [1.82, 2.24) is 0 Å². The van der Waals surface area contributed by atoms with Crippen LogP contribution in [0.15, 0.2) is 35.5 Å². The highest BCUT2D eigenvalue weighted by Gasteiger charge is 2.30. The molecular weight excluding hydrogens is 232 g/mol. The minimum atomic E-state index is -1.17. The summed E-state index contributed by atoms with van der Waals surface area (Å²) in [5, 5.41) is 18.1. The average Bonchev–Trinajstić information content (AvgIpc) is 2.33. The van der Waals surface area contributed by atoms with Crippen molar-refractivity contribution in [3.8, 4) is 0 Å². The molecule has 0 radical (unpaired) electrons. The van der Waals surface area contributed by atoms with Crippen molar-refractivity contribution < 1.29 is 19.8 Å². The van der Waals surface area contributed by atoms with Crippen molar-refractivity contribution in [1.29, 1.82) is 0 Å². The van der Waals surface area contributed by atoms with Crippen molar-refractivity contribution in [2.75, 3.05) is 0 Å². The van der Waals surface area contributed by atoms with Crippen LogP contribution in [0.4, 0.5) is 0 Å². The van der Waals surface area contributed by atoms with E-state index in [9.17, 15) is 9.59 Å². The maximum Gasteiger partial charge on any atom is 0.332 e. The summed E-state index contributed by atoms with van der Waals surface area (Å²) in [5.41, 5.74) is 0.491. The van der Waals surface area contributed by atoms with Crippen LogP contribution in [0, 0.1) is 5.92 Å². The Morgan fingerprint density at radius 2 is 2.06 bits per heavy atom. The maximum absolute atomic E-state index is 11.2. The van der Waals surface area contributed by atoms with Gasteiger partial charge in [0.2, 0.25) is 0 Å². The fraction of sp³-hybridized carbons (Fsp3) is 0.429. The van der Waals surface area contributed by atoms with E-state index in [4.69, 9.17) is 10.2 Å². The lowest BCUT2D eigenvalue weighted by Gasteiger charge is -2.17. The first-order valence-electron chi connectivity index (χ1n) is 6.12. The van der Waals surface area contributed by atoms with Crippen LogP contribution in [-0.4, -0.2) is 22.2 Å². The summed E-state index contributed by atoms with van der Waals surface area (Å²) in [6.45, 7) is 2.10. The number of unbranched alkanes of at least 4 members (excludes halogenated alkanes) is 3. The predicted molar refractivity (Wildman–Crippen MR) is 68.2 cm³/mol. The quantitative estimate of drug-likeness (QED) is 0.711. The summed E-state index contributed by atoms with van der Waals surface area (Å²) in [5.74, 6) is -3.34. The van der Waals surface area contributed by atoms with E-state index in [1.165, 1.54) is 6.08 Å². The number of carboxylic acid groups (broad SMARTS) is 2. The van der Waals surface area contributed by atoms with Crippen LogP contribution in [0.3, 0.4) is 0 Å². The number of aliphatic carboxylic acids is 2. The Hall–Kier alpha value is -1.84. The van der Waals surface area contributed by atoms with Crippen LogP contribution in [0.5, 0.6) is 0 Å². The van der Waals surface area contributed by atoms with Gasteiger partial charge in [-0.1, -0.05) is 44.1 Å². The lowest BCUT2D eigenvalue weighted by Crippen LogP contribution is -2.24. The van der Waals surface area contributed by atoms with Crippen LogP contribution >= 0.6 is 0 Å². The maximum atomic E-state index is 11.2. The molecule has 1 aliphatic rings. The number of carboxylic acids is 2. The fourth-order valence-corrected chi connectivity index (χ4v) is 1.95. The smallest absolute Gasteiger partial charge is 0.332 e. The van der Waals surface area contributed by atoms with E-state index in [1.807, 2.05) is 6.08 Å². The molecule has 0 aromatic heterocycles. The monoisotopic (exact) mass is 250 g/mol. The molecule has 4 nitrogen and oxygen atoms in total. The summed E-state index contributed by atoms with van der Waals surface area (Å²) in [4.78, 5) is 22.2. The Kier molecular flexibility index (Phi) is 5.36. The van der Waals surface area contributed by atoms with Gasteiger partial charge in [0, 0.05) is 0 Å². The first-order chi connectivity index (χ1) is 8.57. The summed E-state index contributed by atoms with van der Waals surface area (Å²) in [7, 11) is 0. The molecule has 4 heteroatoms. The van der Waals surface area contributed by atoms with Gasteiger partial charge >= 0.3 is 11.9 Å². The zero-order chi connectivity index (χ0) is 13.5. The van der Waals surface area contributed by atoms with Crippen molar-refractivity contribution >= 4 is 11.9 Å². The van der Waals surface area contributed by atoms with Gasteiger partial charge in [-0.05, 0) is 18.4 Å². The van der Waals surface area contributed by atoms with Gasteiger partial charge in [-0.15, -0.1) is 0 Å². The molecule has 98 valence electrons. The molecule has 0 amide bonds. The Bertz CT molecular complexity index is 416. The second-order valence-corrected chi connectivity index (χ2v) is 4.26. The number of hydrogen-bond donors (Lipinski definition) is 2. The molecule has 18 heavy (non-hydrogen) atoms. The molecule has 2 N–H and O–H groups in total. The third kappa shape index (κ3) is 3.58. The Morgan fingerprint density at radius 3 is 2.61 bits per heavy atom. The second-order valence-electron chi connectivity index (χ2n) is 4.26. The van der Waals surface area contributed by atoms with Crippen molar-refractivity contribution in [2.45, 2.75) is 32.6 Å². The molecule has 0 aromatic carbocycles. The van der Waals surface area contributed by atoms with E-state index in [-0.39, 0.29) is 5.57 Å². The van der Waals surface area contributed by atoms with Gasteiger partial charge in [-0.2, -0.15) is 0 Å². The van der Waals surface area contributed by atoms with E-state index in [1.54, 1.807) is 12.2 Å². The zero-order valence-electron chi connectivity index (χ0n) is 10.4. The predicted octanol–water partition coefficient (Wildman–Crippen LogP) is 2.77. The van der Waals surface area contributed by atoms with Crippen LogP contribution in [0.2, 0.25) is 0 Å². The highest BCUT2D eigenvalue weighted by atomic mass is 16.4. The molecule has 0 aromatic rings. The van der Waals surface area contributed by atoms with E-state index < -0.39 is 17.9 Å². The molecular formula is C14H18O4. The highest BCUT2D eigenvalue weighted by molar-refractivity contribution is 5.97. The number of allylic oxidation sites excluding steroid dienone is 4. The summed E-state index contributed by atoms with van der Waals surface area (Å²) < 4.78 is 0. The Balaban J connectivity index is 2.85. The number of rotatable bonds is 6. The van der Waals surface area contributed by atoms with E-state index in [2.05, 4.69) is 6.92 Å². The third-order valence-electron chi connectivity index (χ3n) is 2.89. The van der Waals surface area contributed by atoms with E-state index >= 15 is 0 Å². The zero-order valence-corrected chi connectivity index (χ0v) is 10.4. The van der Waals surface area contributed by atoms with Crippen LogP contribution in [0.1, 0.15) is 32.6 Å². The molecule has 1 aliphatic carbocycles. The Morgan fingerprint density at radius 1 is 1.33 bits per heavy atom. The van der Waals surface area contributed by atoms with Crippen molar-refractivity contribution in [2.24, 2.45) is 5.92 Å². The average molecular weight is 250 g/mol. The van der Waals surface area contributed by atoms with Gasteiger partial charge in [-0.25, -0.2) is 4.79 Å². The van der Waals surface area contributed by atoms with Crippen molar-refractivity contribution in [3.63, 3.8) is 0 Å². The van der Waals surface area contributed by atoms with Gasteiger partial charge in [-0.3, -0.25) is 4.79 Å². The molecule has 1 atom stereocenters. The SMILES string of the molecule is CCCCCC=C1C=CC=C(C(=O)O)C1C(=O)O.